The largest absolute Gasteiger partial charge is 0.490 e. The molecule has 37 heavy (non-hydrogen) atoms. The van der Waals surface area contributed by atoms with Crippen LogP contribution in [0.2, 0.25) is 0 Å². The summed E-state index contributed by atoms with van der Waals surface area (Å²) in [5.74, 6) is 0.484. The van der Waals surface area contributed by atoms with Gasteiger partial charge < -0.3 is 21.1 Å². The number of nitrogens with zero attached hydrogens (tertiary/aromatic N) is 3. The molecular formula is C27H30N6O4. The molecule has 0 aliphatic carbocycles. The van der Waals surface area contributed by atoms with Gasteiger partial charge in [0.15, 0.2) is 11.4 Å². The number of aromatic nitrogens is 2. The number of nitro benzene ring substituents is 1. The van der Waals surface area contributed by atoms with Gasteiger partial charge in [0, 0.05) is 36.5 Å². The first-order chi connectivity index (χ1) is 17.6. The highest BCUT2D eigenvalue weighted by atomic mass is 16.6. The van der Waals surface area contributed by atoms with Gasteiger partial charge in [0.05, 0.1) is 17.6 Å². The van der Waals surface area contributed by atoms with Crippen LogP contribution in [0.5, 0.6) is 5.75 Å². The molecule has 0 fully saturated rings. The van der Waals surface area contributed by atoms with Gasteiger partial charge in [-0.1, -0.05) is 24.3 Å². The molecule has 4 rings (SSSR count). The monoisotopic (exact) mass is 502 g/mol. The Hall–Kier alpha value is -4.44. The van der Waals surface area contributed by atoms with Gasteiger partial charge in [-0.15, -0.1) is 0 Å². The molecule has 0 aliphatic rings. The van der Waals surface area contributed by atoms with Crippen molar-refractivity contribution in [3.63, 3.8) is 0 Å². The van der Waals surface area contributed by atoms with Gasteiger partial charge in [0.25, 0.3) is 5.91 Å². The highest BCUT2D eigenvalue weighted by Crippen LogP contribution is 2.36. The summed E-state index contributed by atoms with van der Waals surface area (Å²) in [6.45, 7) is 6.75. The molecule has 0 bridgehead atoms. The van der Waals surface area contributed by atoms with Gasteiger partial charge in [-0.3, -0.25) is 19.3 Å². The maximum absolute atomic E-state index is 13.2. The van der Waals surface area contributed by atoms with E-state index in [0.29, 0.717) is 41.4 Å². The molecule has 0 radical (unpaired) electrons. The highest BCUT2D eigenvalue weighted by Gasteiger charge is 2.24. The first-order valence-electron chi connectivity index (χ1n) is 11.8. The van der Waals surface area contributed by atoms with Gasteiger partial charge in [0.2, 0.25) is 0 Å². The Kier molecular flexibility index (Phi) is 7.12. The number of ether oxygens (including phenoxy) is 1. The molecule has 0 unspecified atom stereocenters. The molecule has 0 aliphatic heterocycles. The number of hydrogen-bond donors (Lipinski definition) is 3. The van der Waals surface area contributed by atoms with Crippen molar-refractivity contribution in [2.75, 3.05) is 12.4 Å². The number of amides is 1. The van der Waals surface area contributed by atoms with E-state index in [1.54, 1.807) is 34.9 Å². The fourth-order valence-corrected chi connectivity index (χ4v) is 4.04. The minimum atomic E-state index is -0.493. The Morgan fingerprint density at radius 1 is 1.14 bits per heavy atom. The van der Waals surface area contributed by atoms with Crippen molar-refractivity contribution in [1.82, 2.24) is 14.7 Å². The van der Waals surface area contributed by atoms with Gasteiger partial charge in [-0.05, 0) is 56.2 Å². The van der Waals surface area contributed by atoms with Crippen LogP contribution in [0.15, 0.2) is 60.8 Å². The minimum Gasteiger partial charge on any atom is -0.490 e. The van der Waals surface area contributed by atoms with Crippen LogP contribution < -0.4 is 21.1 Å². The van der Waals surface area contributed by atoms with E-state index in [1.165, 1.54) is 13.2 Å². The quantitative estimate of drug-likeness (QED) is 0.238. The normalized spacial score (nSPS) is 11.4. The van der Waals surface area contributed by atoms with Gasteiger partial charge in [-0.2, -0.15) is 0 Å². The second-order valence-electron chi connectivity index (χ2n) is 9.65. The summed E-state index contributed by atoms with van der Waals surface area (Å²) in [7, 11) is 1.39. The van der Waals surface area contributed by atoms with Gasteiger partial charge >= 0.3 is 5.69 Å². The molecule has 0 spiro atoms. The smallest absolute Gasteiger partial charge is 0.311 e. The number of nitrogens with two attached hydrogens (primary N) is 1. The summed E-state index contributed by atoms with van der Waals surface area (Å²) < 4.78 is 6.95. The molecule has 0 saturated heterocycles. The maximum atomic E-state index is 13.2. The van der Waals surface area contributed by atoms with Crippen molar-refractivity contribution in [3.8, 4) is 17.0 Å². The van der Waals surface area contributed by atoms with Crippen LogP contribution in [-0.4, -0.2) is 32.9 Å². The standard InChI is InChI=1S/C27H30N6O4/c1-27(2,3)31-25-23(19-10-11-22(37-4)21(14-19)33(35)36)30-24-20(9-6-12-32(24)25)26(34)29-16-18-8-5-7-17(13-18)15-28/h5-14,31H,15-16,28H2,1-4H3,(H,29,34). The molecule has 0 saturated carbocycles. The number of nitrogens with one attached hydrogen (secondary N) is 2. The zero-order valence-electron chi connectivity index (χ0n) is 21.2. The molecule has 10 nitrogen and oxygen atoms in total. The zero-order valence-corrected chi connectivity index (χ0v) is 21.2. The molecular weight excluding hydrogens is 472 g/mol. The Morgan fingerprint density at radius 2 is 1.89 bits per heavy atom. The number of fused-ring (bicyclic) bond motifs is 1. The zero-order chi connectivity index (χ0) is 26.7. The Balaban J connectivity index is 1.78. The SMILES string of the molecule is COc1ccc(-c2nc3c(C(=O)NCc4cccc(CN)c4)cccn3c2NC(C)(C)C)cc1[N+](=O)[O-]. The summed E-state index contributed by atoms with van der Waals surface area (Å²) in [5.41, 5.74) is 8.94. The number of benzene rings is 2. The Labute approximate surface area is 214 Å². The first-order valence-corrected chi connectivity index (χ1v) is 11.8. The summed E-state index contributed by atoms with van der Waals surface area (Å²) in [6, 6.07) is 15.9. The fourth-order valence-electron chi connectivity index (χ4n) is 4.04. The van der Waals surface area contributed by atoms with E-state index >= 15 is 0 Å². The fraction of sp³-hybridized carbons (Fsp3) is 0.259. The maximum Gasteiger partial charge on any atom is 0.311 e. The second kappa shape index (κ2) is 10.3. The van der Waals surface area contributed by atoms with Crippen molar-refractivity contribution >= 4 is 23.1 Å². The van der Waals surface area contributed by atoms with E-state index < -0.39 is 4.92 Å². The predicted octanol–water partition coefficient (Wildman–Crippen LogP) is 4.52. The van der Waals surface area contributed by atoms with Crippen LogP contribution in [-0.2, 0) is 13.1 Å². The van der Waals surface area contributed by atoms with Crippen LogP contribution in [0.4, 0.5) is 11.5 Å². The number of carbonyl (C=O) groups excluding carboxylic acids is 1. The van der Waals surface area contributed by atoms with Crippen LogP contribution in [0.3, 0.4) is 0 Å². The van der Waals surface area contributed by atoms with Crippen LogP contribution >= 0.6 is 0 Å². The van der Waals surface area contributed by atoms with Crippen LogP contribution in [0, 0.1) is 10.1 Å². The number of pyridine rings is 1. The van der Waals surface area contributed by atoms with E-state index in [0.717, 1.165) is 11.1 Å². The third kappa shape index (κ3) is 5.54. The molecule has 2 aromatic heterocycles. The molecule has 0 atom stereocenters. The third-order valence-electron chi connectivity index (χ3n) is 5.72. The van der Waals surface area contributed by atoms with Crippen molar-refractivity contribution in [3.05, 3.63) is 87.6 Å². The number of anilines is 1. The lowest BCUT2D eigenvalue weighted by atomic mass is 10.1. The molecule has 10 heteroatoms. The Bertz CT molecular complexity index is 1470. The molecule has 192 valence electrons. The van der Waals surface area contributed by atoms with Gasteiger partial charge in [0.1, 0.15) is 11.5 Å². The summed E-state index contributed by atoms with van der Waals surface area (Å²) in [5, 5.41) is 18.0. The number of hydrogen-bond acceptors (Lipinski definition) is 7. The van der Waals surface area contributed by atoms with Gasteiger partial charge in [-0.25, -0.2) is 4.98 Å². The molecule has 1 amide bonds. The number of nitro groups is 1. The highest BCUT2D eigenvalue weighted by molar-refractivity contribution is 6.01. The molecule has 2 aromatic carbocycles. The second-order valence-corrected chi connectivity index (χ2v) is 9.65. The van der Waals surface area contributed by atoms with Crippen molar-refractivity contribution in [2.24, 2.45) is 5.73 Å². The van der Waals surface area contributed by atoms with E-state index in [4.69, 9.17) is 15.5 Å². The van der Waals surface area contributed by atoms with Crippen molar-refractivity contribution in [1.29, 1.82) is 0 Å². The summed E-state index contributed by atoms with van der Waals surface area (Å²) in [4.78, 5) is 29.2. The van der Waals surface area contributed by atoms with Crippen LogP contribution in [0.25, 0.3) is 16.9 Å². The van der Waals surface area contributed by atoms with E-state index in [-0.39, 0.29) is 22.9 Å². The molecule has 4 aromatic rings. The summed E-state index contributed by atoms with van der Waals surface area (Å²) in [6.07, 6.45) is 1.80. The number of carbonyl (C=O) groups is 1. The number of methoxy groups -OCH3 is 1. The summed E-state index contributed by atoms with van der Waals surface area (Å²) >= 11 is 0. The lowest BCUT2D eigenvalue weighted by molar-refractivity contribution is -0.385. The number of imidazole rings is 1. The minimum absolute atomic E-state index is 0.154. The van der Waals surface area contributed by atoms with E-state index in [9.17, 15) is 14.9 Å². The topological polar surface area (TPSA) is 137 Å². The van der Waals surface area contributed by atoms with Crippen molar-refractivity contribution in [2.45, 2.75) is 39.4 Å². The average Bonchev–Trinajstić information content (AvgIpc) is 3.23. The van der Waals surface area contributed by atoms with E-state index in [1.807, 2.05) is 45.0 Å². The molecule has 2 heterocycles. The first kappa shape index (κ1) is 25.6. The Morgan fingerprint density at radius 3 is 2.57 bits per heavy atom. The van der Waals surface area contributed by atoms with Crippen molar-refractivity contribution < 1.29 is 14.5 Å². The predicted molar refractivity (Wildman–Crippen MR) is 143 cm³/mol. The third-order valence-corrected chi connectivity index (χ3v) is 5.72. The number of rotatable bonds is 8. The molecule has 4 N–H and O–H groups in total. The average molecular weight is 503 g/mol. The lowest BCUT2D eigenvalue weighted by Gasteiger charge is -2.22. The van der Waals surface area contributed by atoms with E-state index in [2.05, 4.69) is 10.6 Å². The van der Waals surface area contributed by atoms with Crippen LogP contribution in [0.1, 0.15) is 42.3 Å². The lowest BCUT2D eigenvalue weighted by Crippen LogP contribution is -2.27.